The maximum Gasteiger partial charge on any atom is 0.169 e. The van der Waals surface area contributed by atoms with Crippen LogP contribution in [0.3, 0.4) is 0 Å². The zero-order valence-corrected chi connectivity index (χ0v) is 10.1. The summed E-state index contributed by atoms with van der Waals surface area (Å²) in [6, 6.07) is 10.2. The Morgan fingerprint density at radius 1 is 1.24 bits per heavy atom. The first kappa shape index (κ1) is 11.7. The van der Waals surface area contributed by atoms with Crippen LogP contribution in [0.4, 0.5) is 5.82 Å². The Morgan fingerprint density at radius 3 is 2.53 bits per heavy atom. The molecule has 1 aromatic carbocycles. The van der Waals surface area contributed by atoms with Gasteiger partial charge in [-0.15, -0.1) is 0 Å². The van der Waals surface area contributed by atoms with Crippen molar-refractivity contribution in [2.45, 2.75) is 20.1 Å². The van der Waals surface area contributed by atoms with Gasteiger partial charge in [0.2, 0.25) is 0 Å². The molecule has 0 saturated heterocycles. The molecule has 17 heavy (non-hydrogen) atoms. The van der Waals surface area contributed by atoms with Gasteiger partial charge in [0.1, 0.15) is 5.76 Å². The second-order valence-electron chi connectivity index (χ2n) is 3.93. The number of methoxy groups -OCH3 is 1. The summed E-state index contributed by atoms with van der Waals surface area (Å²) in [6.45, 7) is 3.26. The van der Waals surface area contributed by atoms with Crippen molar-refractivity contribution in [1.29, 1.82) is 0 Å². The summed E-state index contributed by atoms with van der Waals surface area (Å²) in [5.41, 5.74) is 2.37. The highest BCUT2D eigenvalue weighted by Crippen LogP contribution is 2.10. The highest BCUT2D eigenvalue weighted by molar-refractivity contribution is 5.35. The SMILES string of the molecule is COCc1ccc(CNc2cc(C)on2)cc1. The number of nitrogens with one attached hydrogen (secondary N) is 1. The van der Waals surface area contributed by atoms with Crippen LogP contribution in [0.5, 0.6) is 0 Å². The zero-order chi connectivity index (χ0) is 12.1. The van der Waals surface area contributed by atoms with Crippen molar-refractivity contribution in [3.05, 3.63) is 47.2 Å². The summed E-state index contributed by atoms with van der Waals surface area (Å²) < 4.78 is 10.0. The van der Waals surface area contributed by atoms with Crippen molar-refractivity contribution >= 4 is 5.82 Å². The Kier molecular flexibility index (Phi) is 3.77. The van der Waals surface area contributed by atoms with Crippen LogP contribution in [-0.4, -0.2) is 12.3 Å². The van der Waals surface area contributed by atoms with Gasteiger partial charge in [-0.3, -0.25) is 0 Å². The molecule has 4 heteroatoms. The van der Waals surface area contributed by atoms with Gasteiger partial charge in [0.15, 0.2) is 5.82 Å². The smallest absolute Gasteiger partial charge is 0.169 e. The lowest BCUT2D eigenvalue weighted by molar-refractivity contribution is 0.185. The molecule has 0 unspecified atom stereocenters. The van der Waals surface area contributed by atoms with E-state index in [9.17, 15) is 0 Å². The molecule has 0 aliphatic rings. The van der Waals surface area contributed by atoms with Gasteiger partial charge in [0.05, 0.1) is 6.61 Å². The number of aromatic nitrogens is 1. The van der Waals surface area contributed by atoms with Crippen molar-refractivity contribution in [2.75, 3.05) is 12.4 Å². The predicted molar refractivity (Wildman–Crippen MR) is 65.7 cm³/mol. The maximum atomic E-state index is 5.06. The third-order valence-corrected chi connectivity index (χ3v) is 2.44. The van der Waals surface area contributed by atoms with E-state index in [1.165, 1.54) is 11.1 Å². The van der Waals surface area contributed by atoms with E-state index in [1.807, 2.05) is 13.0 Å². The first-order chi connectivity index (χ1) is 8.28. The molecule has 1 heterocycles. The third kappa shape index (κ3) is 3.32. The normalized spacial score (nSPS) is 10.5. The molecule has 2 aromatic rings. The van der Waals surface area contributed by atoms with E-state index in [0.29, 0.717) is 6.61 Å². The molecule has 4 nitrogen and oxygen atoms in total. The molecule has 90 valence electrons. The number of benzene rings is 1. The Balaban J connectivity index is 1.90. The van der Waals surface area contributed by atoms with Gasteiger partial charge in [-0.05, 0) is 18.1 Å². The molecule has 0 atom stereocenters. The number of ether oxygens (including phenoxy) is 1. The Morgan fingerprint density at radius 2 is 1.94 bits per heavy atom. The van der Waals surface area contributed by atoms with Crippen molar-refractivity contribution in [3.8, 4) is 0 Å². The fourth-order valence-electron chi connectivity index (χ4n) is 1.56. The van der Waals surface area contributed by atoms with Crippen molar-refractivity contribution < 1.29 is 9.26 Å². The second-order valence-corrected chi connectivity index (χ2v) is 3.93. The van der Waals surface area contributed by atoms with Crippen molar-refractivity contribution in [2.24, 2.45) is 0 Å². The maximum absolute atomic E-state index is 5.06. The Hall–Kier alpha value is -1.81. The molecule has 0 spiro atoms. The number of nitrogens with zero attached hydrogens (tertiary/aromatic N) is 1. The van der Waals surface area contributed by atoms with Gasteiger partial charge in [0.25, 0.3) is 0 Å². The molecule has 0 bridgehead atoms. The monoisotopic (exact) mass is 232 g/mol. The van der Waals surface area contributed by atoms with Crippen LogP contribution in [0, 0.1) is 6.92 Å². The van der Waals surface area contributed by atoms with Gasteiger partial charge in [-0.1, -0.05) is 29.4 Å². The summed E-state index contributed by atoms with van der Waals surface area (Å²) in [4.78, 5) is 0. The van der Waals surface area contributed by atoms with E-state index in [1.54, 1.807) is 7.11 Å². The molecule has 0 fully saturated rings. The van der Waals surface area contributed by atoms with Crippen LogP contribution in [0.2, 0.25) is 0 Å². The first-order valence-electron chi connectivity index (χ1n) is 5.52. The minimum absolute atomic E-state index is 0.649. The topological polar surface area (TPSA) is 47.3 Å². The summed E-state index contributed by atoms with van der Waals surface area (Å²) in [6.07, 6.45) is 0. The number of rotatable bonds is 5. The van der Waals surface area contributed by atoms with Gasteiger partial charge in [-0.2, -0.15) is 0 Å². The lowest BCUT2D eigenvalue weighted by Gasteiger charge is -2.04. The quantitative estimate of drug-likeness (QED) is 0.861. The van der Waals surface area contributed by atoms with E-state index in [0.717, 1.165) is 18.1 Å². The van der Waals surface area contributed by atoms with Crippen molar-refractivity contribution in [1.82, 2.24) is 5.16 Å². The van der Waals surface area contributed by atoms with Crippen LogP contribution in [0.15, 0.2) is 34.9 Å². The van der Waals surface area contributed by atoms with E-state index < -0.39 is 0 Å². The Labute approximate surface area is 101 Å². The molecule has 0 amide bonds. The predicted octanol–water partition coefficient (Wildman–Crippen LogP) is 2.74. The number of hydrogen-bond donors (Lipinski definition) is 1. The lowest BCUT2D eigenvalue weighted by Crippen LogP contribution is -1.99. The van der Waals surface area contributed by atoms with E-state index in [-0.39, 0.29) is 0 Å². The minimum Gasteiger partial charge on any atom is -0.380 e. The number of anilines is 1. The average Bonchev–Trinajstić information content (AvgIpc) is 2.75. The highest BCUT2D eigenvalue weighted by atomic mass is 16.5. The number of hydrogen-bond acceptors (Lipinski definition) is 4. The number of aryl methyl sites for hydroxylation is 1. The summed E-state index contributed by atoms with van der Waals surface area (Å²) in [7, 11) is 1.70. The van der Waals surface area contributed by atoms with Gasteiger partial charge < -0.3 is 14.6 Å². The van der Waals surface area contributed by atoms with Crippen molar-refractivity contribution in [3.63, 3.8) is 0 Å². The molecular formula is C13H16N2O2. The van der Waals surface area contributed by atoms with E-state index >= 15 is 0 Å². The van der Waals surface area contributed by atoms with E-state index in [4.69, 9.17) is 9.26 Å². The van der Waals surface area contributed by atoms with Crippen LogP contribution in [0.1, 0.15) is 16.9 Å². The van der Waals surface area contributed by atoms with Gasteiger partial charge in [-0.25, -0.2) is 0 Å². The summed E-state index contributed by atoms with van der Waals surface area (Å²) in [5.74, 6) is 1.58. The molecule has 0 aliphatic heterocycles. The minimum atomic E-state index is 0.649. The molecule has 2 rings (SSSR count). The van der Waals surface area contributed by atoms with Crippen LogP contribution in [0.25, 0.3) is 0 Å². The standard InChI is InChI=1S/C13H16N2O2/c1-10-7-13(15-17-10)14-8-11-3-5-12(6-4-11)9-16-2/h3-7H,8-9H2,1-2H3,(H,14,15). The van der Waals surface area contributed by atoms with Crippen LogP contribution in [-0.2, 0) is 17.9 Å². The summed E-state index contributed by atoms with van der Waals surface area (Å²) in [5, 5.41) is 7.07. The zero-order valence-electron chi connectivity index (χ0n) is 10.1. The largest absolute Gasteiger partial charge is 0.380 e. The third-order valence-electron chi connectivity index (χ3n) is 2.44. The van der Waals surface area contributed by atoms with Crippen LogP contribution < -0.4 is 5.32 Å². The van der Waals surface area contributed by atoms with Gasteiger partial charge >= 0.3 is 0 Å². The molecule has 0 radical (unpaired) electrons. The molecular weight excluding hydrogens is 216 g/mol. The highest BCUT2D eigenvalue weighted by Gasteiger charge is 1.99. The summed E-state index contributed by atoms with van der Waals surface area (Å²) >= 11 is 0. The molecule has 1 aromatic heterocycles. The fourth-order valence-corrected chi connectivity index (χ4v) is 1.56. The fraction of sp³-hybridized carbons (Fsp3) is 0.308. The van der Waals surface area contributed by atoms with E-state index in [2.05, 4.69) is 34.7 Å². The molecule has 1 N–H and O–H groups in total. The average molecular weight is 232 g/mol. The molecule has 0 saturated carbocycles. The Bertz CT molecular complexity index is 463. The second kappa shape index (κ2) is 5.50. The first-order valence-corrected chi connectivity index (χ1v) is 5.52. The van der Waals surface area contributed by atoms with Gasteiger partial charge in [0, 0.05) is 19.7 Å². The van der Waals surface area contributed by atoms with Crippen LogP contribution >= 0.6 is 0 Å². The molecule has 0 aliphatic carbocycles. The lowest BCUT2D eigenvalue weighted by atomic mass is 10.1.